The van der Waals surface area contributed by atoms with Crippen molar-refractivity contribution in [2.24, 2.45) is 0 Å². The van der Waals surface area contributed by atoms with Crippen LogP contribution in [0.3, 0.4) is 0 Å². The number of thiazole rings is 1. The van der Waals surface area contributed by atoms with E-state index in [9.17, 15) is 13.2 Å². The molecule has 0 atom stereocenters. The molecule has 1 saturated heterocycles. The van der Waals surface area contributed by atoms with Gasteiger partial charge in [-0.2, -0.15) is 13.2 Å². The molecule has 1 aromatic heterocycles. The second kappa shape index (κ2) is 7.01. The minimum Gasteiger partial charge on any atom is -0.297 e. The largest absolute Gasteiger partial charge is 0.393 e. The summed E-state index contributed by atoms with van der Waals surface area (Å²) in [5.74, 6) is 0.447. The van der Waals surface area contributed by atoms with Gasteiger partial charge in [-0.1, -0.05) is 24.3 Å². The van der Waals surface area contributed by atoms with E-state index in [1.807, 2.05) is 23.7 Å². The number of piperidine rings is 1. The third kappa shape index (κ3) is 4.78. The molecule has 1 aromatic carbocycles. The summed E-state index contributed by atoms with van der Waals surface area (Å²) in [5, 5.41) is 3.13. The van der Waals surface area contributed by atoms with Crippen molar-refractivity contribution in [2.75, 3.05) is 13.1 Å². The highest BCUT2D eigenvalue weighted by Gasteiger charge is 2.27. The van der Waals surface area contributed by atoms with E-state index in [-0.39, 0.29) is 0 Å². The highest BCUT2D eigenvalue weighted by molar-refractivity contribution is 7.09. The second-order valence-electron chi connectivity index (χ2n) is 6.01. The van der Waals surface area contributed by atoms with Crippen molar-refractivity contribution in [3.63, 3.8) is 0 Å². The summed E-state index contributed by atoms with van der Waals surface area (Å²) in [7, 11) is 0. The van der Waals surface area contributed by atoms with Crippen molar-refractivity contribution < 1.29 is 13.2 Å². The zero-order chi connectivity index (χ0) is 16.3. The van der Waals surface area contributed by atoms with Crippen LogP contribution in [-0.2, 0) is 13.0 Å². The fourth-order valence-electron chi connectivity index (χ4n) is 3.09. The van der Waals surface area contributed by atoms with Crippen LogP contribution in [0, 0.1) is 0 Å². The Morgan fingerprint density at radius 2 is 1.83 bits per heavy atom. The summed E-state index contributed by atoms with van der Waals surface area (Å²) in [6, 6.07) is 6.96. The van der Waals surface area contributed by atoms with E-state index in [1.165, 1.54) is 0 Å². The number of hydrogen-bond donors (Lipinski definition) is 0. The molecular weight excluding hydrogens is 321 g/mol. The topological polar surface area (TPSA) is 16.1 Å². The zero-order valence-electron chi connectivity index (χ0n) is 12.7. The first-order chi connectivity index (χ1) is 11.0. The standard InChI is InChI=1S/C17H19F3N2S/c18-17(19,20)11-13-1-3-14(4-2-13)15-5-8-22(9-6-15)12-16-21-7-10-23-16/h1-4,7,10,15H,5-6,8-9,11-12H2. The van der Waals surface area contributed by atoms with Crippen molar-refractivity contribution in [2.45, 2.75) is 37.9 Å². The Balaban J connectivity index is 1.53. The fourth-order valence-corrected chi connectivity index (χ4v) is 3.74. The van der Waals surface area contributed by atoms with Crippen molar-refractivity contribution in [3.05, 3.63) is 52.0 Å². The summed E-state index contributed by atoms with van der Waals surface area (Å²) in [4.78, 5) is 6.71. The lowest BCUT2D eigenvalue weighted by molar-refractivity contribution is -0.127. The minimum atomic E-state index is -4.14. The molecule has 2 aromatic rings. The number of hydrogen-bond acceptors (Lipinski definition) is 3. The van der Waals surface area contributed by atoms with Gasteiger partial charge in [0.05, 0.1) is 13.0 Å². The first kappa shape index (κ1) is 16.5. The number of aromatic nitrogens is 1. The van der Waals surface area contributed by atoms with Crippen molar-refractivity contribution >= 4 is 11.3 Å². The zero-order valence-corrected chi connectivity index (χ0v) is 13.5. The number of halogens is 3. The van der Waals surface area contributed by atoms with E-state index < -0.39 is 12.6 Å². The normalized spacial score (nSPS) is 17.5. The number of rotatable bonds is 4. The van der Waals surface area contributed by atoms with Crippen LogP contribution in [0.25, 0.3) is 0 Å². The quantitative estimate of drug-likeness (QED) is 0.807. The van der Waals surface area contributed by atoms with Crippen LogP contribution in [0.15, 0.2) is 35.8 Å². The molecule has 0 unspecified atom stereocenters. The van der Waals surface area contributed by atoms with Gasteiger partial charge in [0.15, 0.2) is 0 Å². The molecule has 0 aliphatic carbocycles. The molecule has 0 bridgehead atoms. The highest BCUT2D eigenvalue weighted by atomic mass is 32.1. The maximum Gasteiger partial charge on any atom is 0.393 e. The number of nitrogens with zero attached hydrogens (tertiary/aromatic N) is 2. The molecule has 0 saturated carbocycles. The Kier molecular flexibility index (Phi) is 5.02. The van der Waals surface area contributed by atoms with Crippen LogP contribution in [0.5, 0.6) is 0 Å². The van der Waals surface area contributed by atoms with Crippen LogP contribution >= 0.6 is 11.3 Å². The molecule has 23 heavy (non-hydrogen) atoms. The molecule has 6 heteroatoms. The Labute approximate surface area is 138 Å². The average Bonchev–Trinajstić information content (AvgIpc) is 3.00. The SMILES string of the molecule is FC(F)(F)Cc1ccc(C2CCN(Cc3nccs3)CC2)cc1. The summed E-state index contributed by atoms with van der Waals surface area (Å²) < 4.78 is 37.2. The molecule has 3 rings (SSSR count). The molecule has 124 valence electrons. The van der Waals surface area contributed by atoms with Crippen LogP contribution in [0.4, 0.5) is 13.2 Å². The first-order valence-electron chi connectivity index (χ1n) is 7.76. The Bertz CT molecular complexity index is 600. The maximum absolute atomic E-state index is 12.4. The lowest BCUT2D eigenvalue weighted by Crippen LogP contribution is -2.32. The van der Waals surface area contributed by atoms with Gasteiger partial charge in [0.25, 0.3) is 0 Å². The predicted molar refractivity (Wildman–Crippen MR) is 85.6 cm³/mol. The summed E-state index contributed by atoms with van der Waals surface area (Å²) >= 11 is 1.68. The minimum absolute atomic E-state index is 0.336. The summed E-state index contributed by atoms with van der Waals surface area (Å²) in [6.45, 7) is 2.91. The van der Waals surface area contributed by atoms with Gasteiger partial charge in [0, 0.05) is 11.6 Å². The Hall–Kier alpha value is -1.40. The molecule has 0 amide bonds. The van der Waals surface area contributed by atoms with Gasteiger partial charge >= 0.3 is 6.18 Å². The van der Waals surface area contributed by atoms with Gasteiger partial charge in [0.1, 0.15) is 5.01 Å². The maximum atomic E-state index is 12.4. The molecule has 0 radical (unpaired) electrons. The smallest absolute Gasteiger partial charge is 0.297 e. The third-order valence-electron chi connectivity index (χ3n) is 4.29. The lowest BCUT2D eigenvalue weighted by Gasteiger charge is -2.31. The summed E-state index contributed by atoms with van der Waals surface area (Å²) in [5.41, 5.74) is 1.49. The van der Waals surface area contributed by atoms with Gasteiger partial charge in [-0.05, 0) is 43.0 Å². The van der Waals surface area contributed by atoms with E-state index in [0.29, 0.717) is 11.5 Å². The third-order valence-corrected chi connectivity index (χ3v) is 5.05. The molecule has 2 heterocycles. The molecular formula is C17H19F3N2S. The van der Waals surface area contributed by atoms with Crippen LogP contribution in [-0.4, -0.2) is 29.1 Å². The second-order valence-corrected chi connectivity index (χ2v) is 6.99. The average molecular weight is 340 g/mol. The first-order valence-corrected chi connectivity index (χ1v) is 8.64. The van der Waals surface area contributed by atoms with Gasteiger partial charge in [-0.25, -0.2) is 4.98 Å². The Morgan fingerprint density at radius 1 is 1.13 bits per heavy atom. The molecule has 1 aliphatic heterocycles. The number of likely N-dealkylation sites (tertiary alicyclic amines) is 1. The molecule has 0 spiro atoms. The van der Waals surface area contributed by atoms with E-state index in [0.717, 1.165) is 43.0 Å². The van der Waals surface area contributed by atoms with Crippen molar-refractivity contribution in [3.8, 4) is 0 Å². The fraction of sp³-hybridized carbons (Fsp3) is 0.471. The van der Waals surface area contributed by atoms with Crippen molar-refractivity contribution in [1.82, 2.24) is 9.88 Å². The molecule has 1 fully saturated rings. The van der Waals surface area contributed by atoms with E-state index >= 15 is 0 Å². The molecule has 1 aliphatic rings. The van der Waals surface area contributed by atoms with Crippen LogP contribution in [0.2, 0.25) is 0 Å². The molecule has 0 N–H and O–H groups in total. The van der Waals surface area contributed by atoms with E-state index in [2.05, 4.69) is 9.88 Å². The van der Waals surface area contributed by atoms with E-state index in [4.69, 9.17) is 0 Å². The number of benzene rings is 1. The Morgan fingerprint density at radius 3 is 2.39 bits per heavy atom. The highest BCUT2D eigenvalue weighted by Crippen LogP contribution is 2.30. The van der Waals surface area contributed by atoms with Gasteiger partial charge in [0.2, 0.25) is 0 Å². The lowest BCUT2D eigenvalue weighted by atomic mass is 9.89. The predicted octanol–water partition coefficient (Wildman–Crippen LogP) is 4.63. The monoisotopic (exact) mass is 340 g/mol. The van der Waals surface area contributed by atoms with Gasteiger partial charge < -0.3 is 0 Å². The number of alkyl halides is 3. The molecule has 2 nitrogen and oxygen atoms in total. The van der Waals surface area contributed by atoms with Crippen LogP contribution in [0.1, 0.15) is 34.9 Å². The van der Waals surface area contributed by atoms with Gasteiger partial charge in [-0.3, -0.25) is 4.90 Å². The van der Waals surface area contributed by atoms with Crippen molar-refractivity contribution in [1.29, 1.82) is 0 Å². The van der Waals surface area contributed by atoms with Gasteiger partial charge in [-0.15, -0.1) is 11.3 Å². The summed E-state index contributed by atoms with van der Waals surface area (Å²) in [6.07, 6.45) is -1.06. The van der Waals surface area contributed by atoms with Crippen LogP contribution < -0.4 is 0 Å². The van der Waals surface area contributed by atoms with E-state index in [1.54, 1.807) is 23.5 Å².